The van der Waals surface area contributed by atoms with Crippen molar-refractivity contribution in [3.63, 3.8) is 0 Å². The van der Waals surface area contributed by atoms with Gasteiger partial charge in [-0.2, -0.15) is 5.10 Å². The van der Waals surface area contributed by atoms with Crippen molar-refractivity contribution in [3.05, 3.63) is 18.0 Å². The number of aliphatic carboxylic acids is 1. The number of aromatic nitrogens is 2. The molecule has 0 bridgehead atoms. The van der Waals surface area contributed by atoms with Crippen LogP contribution in [0.2, 0.25) is 0 Å². The van der Waals surface area contributed by atoms with Crippen molar-refractivity contribution in [2.24, 2.45) is 7.05 Å². The van der Waals surface area contributed by atoms with Crippen LogP contribution in [0.25, 0.3) is 0 Å². The normalized spacial score (nSPS) is 15.3. The fourth-order valence-corrected chi connectivity index (χ4v) is 1.18. The molecule has 72 valence electrons. The van der Waals surface area contributed by atoms with Gasteiger partial charge in [0.15, 0.2) is 0 Å². The van der Waals surface area contributed by atoms with Crippen LogP contribution >= 0.6 is 0 Å². The molecule has 1 heterocycles. The zero-order valence-electron chi connectivity index (χ0n) is 8.11. The molecule has 1 aromatic rings. The molecule has 4 heteroatoms. The monoisotopic (exact) mass is 182 g/mol. The van der Waals surface area contributed by atoms with E-state index >= 15 is 0 Å². The summed E-state index contributed by atoms with van der Waals surface area (Å²) in [5.74, 6) is -0.803. The summed E-state index contributed by atoms with van der Waals surface area (Å²) in [4.78, 5) is 11.0. The number of carboxylic acid groups (broad SMARTS) is 1. The second kappa shape index (κ2) is 3.20. The molecule has 0 saturated carbocycles. The molecule has 1 N–H and O–H groups in total. The van der Waals surface area contributed by atoms with Gasteiger partial charge < -0.3 is 5.11 Å². The number of aryl methyl sites for hydroxylation is 1. The van der Waals surface area contributed by atoms with E-state index < -0.39 is 11.4 Å². The third kappa shape index (κ3) is 1.56. The zero-order chi connectivity index (χ0) is 10.1. The maximum atomic E-state index is 11.0. The highest BCUT2D eigenvalue weighted by molar-refractivity contribution is 5.80. The Morgan fingerprint density at radius 3 is 2.69 bits per heavy atom. The summed E-state index contributed by atoms with van der Waals surface area (Å²) in [6.07, 6.45) is 3.92. The van der Waals surface area contributed by atoms with Crippen molar-refractivity contribution in [3.8, 4) is 0 Å². The Hall–Kier alpha value is -1.32. The molecule has 0 aromatic carbocycles. The summed E-state index contributed by atoms with van der Waals surface area (Å²) in [5, 5.41) is 13.0. The molecule has 4 nitrogen and oxygen atoms in total. The molecule has 1 rings (SSSR count). The topological polar surface area (TPSA) is 55.1 Å². The van der Waals surface area contributed by atoms with Crippen molar-refractivity contribution in [2.45, 2.75) is 25.7 Å². The summed E-state index contributed by atoms with van der Waals surface area (Å²) in [6.45, 7) is 3.58. The van der Waals surface area contributed by atoms with Crippen molar-refractivity contribution < 1.29 is 9.90 Å². The molecule has 0 spiro atoms. The van der Waals surface area contributed by atoms with Crippen LogP contribution in [-0.4, -0.2) is 20.9 Å². The third-order valence-corrected chi connectivity index (χ3v) is 2.52. The molecule has 1 atom stereocenters. The Morgan fingerprint density at radius 2 is 2.38 bits per heavy atom. The summed E-state index contributed by atoms with van der Waals surface area (Å²) in [7, 11) is 1.78. The lowest BCUT2D eigenvalue weighted by Gasteiger charge is -2.20. The van der Waals surface area contributed by atoms with Gasteiger partial charge in [-0.1, -0.05) is 6.92 Å². The van der Waals surface area contributed by atoms with Crippen LogP contribution < -0.4 is 0 Å². The molecule has 0 saturated heterocycles. The maximum absolute atomic E-state index is 11.0. The van der Waals surface area contributed by atoms with E-state index in [1.165, 1.54) is 0 Å². The first-order valence-electron chi connectivity index (χ1n) is 4.23. The van der Waals surface area contributed by atoms with Crippen LogP contribution in [0.3, 0.4) is 0 Å². The van der Waals surface area contributed by atoms with Crippen molar-refractivity contribution in [1.82, 2.24) is 9.78 Å². The minimum absolute atomic E-state index is 0.564. The van der Waals surface area contributed by atoms with E-state index in [1.807, 2.05) is 6.92 Å². The van der Waals surface area contributed by atoms with Crippen LogP contribution in [0, 0.1) is 0 Å². The van der Waals surface area contributed by atoms with Crippen LogP contribution in [0.4, 0.5) is 0 Å². The molecule has 0 amide bonds. The minimum atomic E-state index is -0.811. The smallest absolute Gasteiger partial charge is 0.313 e. The fourth-order valence-electron chi connectivity index (χ4n) is 1.18. The molecule has 0 aliphatic carbocycles. The predicted molar refractivity (Wildman–Crippen MR) is 48.5 cm³/mol. The van der Waals surface area contributed by atoms with Crippen molar-refractivity contribution in [1.29, 1.82) is 0 Å². The van der Waals surface area contributed by atoms with E-state index in [1.54, 1.807) is 31.0 Å². The molecular formula is C9H14N2O2. The van der Waals surface area contributed by atoms with Crippen LogP contribution in [0.5, 0.6) is 0 Å². The average molecular weight is 182 g/mol. The highest BCUT2D eigenvalue weighted by Gasteiger charge is 2.34. The highest BCUT2D eigenvalue weighted by Crippen LogP contribution is 2.26. The second-order valence-corrected chi connectivity index (χ2v) is 3.39. The Morgan fingerprint density at radius 1 is 1.77 bits per heavy atom. The molecule has 1 unspecified atom stereocenters. The van der Waals surface area contributed by atoms with Gasteiger partial charge in [-0.05, 0) is 13.3 Å². The van der Waals surface area contributed by atoms with E-state index in [-0.39, 0.29) is 0 Å². The highest BCUT2D eigenvalue weighted by atomic mass is 16.4. The van der Waals surface area contributed by atoms with E-state index in [9.17, 15) is 4.79 Å². The Kier molecular flexibility index (Phi) is 2.40. The van der Waals surface area contributed by atoms with Gasteiger partial charge in [-0.3, -0.25) is 9.48 Å². The quantitative estimate of drug-likeness (QED) is 0.763. The number of rotatable bonds is 3. The van der Waals surface area contributed by atoms with Gasteiger partial charge in [-0.25, -0.2) is 0 Å². The van der Waals surface area contributed by atoms with Crippen LogP contribution in [0.1, 0.15) is 25.8 Å². The summed E-state index contributed by atoms with van der Waals surface area (Å²) >= 11 is 0. The molecule has 0 aliphatic heterocycles. The van der Waals surface area contributed by atoms with Crippen molar-refractivity contribution in [2.75, 3.05) is 0 Å². The van der Waals surface area contributed by atoms with Crippen LogP contribution in [-0.2, 0) is 17.3 Å². The van der Waals surface area contributed by atoms with Crippen LogP contribution in [0.15, 0.2) is 12.4 Å². The predicted octanol–water partition coefficient (Wildman–Crippen LogP) is 1.17. The largest absolute Gasteiger partial charge is 0.481 e. The Balaban J connectivity index is 3.09. The third-order valence-electron chi connectivity index (χ3n) is 2.52. The first kappa shape index (κ1) is 9.77. The molecule has 13 heavy (non-hydrogen) atoms. The molecule has 0 fully saturated rings. The van der Waals surface area contributed by atoms with E-state index in [0.717, 1.165) is 5.56 Å². The SMILES string of the molecule is CCC(C)(C(=O)O)c1cnn(C)c1. The number of hydrogen-bond acceptors (Lipinski definition) is 2. The number of carbonyl (C=O) groups is 1. The van der Waals surface area contributed by atoms with Gasteiger partial charge in [0, 0.05) is 18.8 Å². The van der Waals surface area contributed by atoms with Crippen molar-refractivity contribution >= 4 is 5.97 Å². The number of carboxylic acids is 1. The second-order valence-electron chi connectivity index (χ2n) is 3.39. The zero-order valence-corrected chi connectivity index (χ0v) is 8.11. The summed E-state index contributed by atoms with van der Waals surface area (Å²) in [5.41, 5.74) is -0.0566. The lowest BCUT2D eigenvalue weighted by Crippen LogP contribution is -2.31. The minimum Gasteiger partial charge on any atom is -0.481 e. The van der Waals surface area contributed by atoms with Gasteiger partial charge in [0.1, 0.15) is 0 Å². The lowest BCUT2D eigenvalue weighted by atomic mass is 9.82. The standard InChI is InChI=1S/C9H14N2O2/c1-4-9(2,8(12)13)7-5-10-11(3)6-7/h5-6H,4H2,1-3H3,(H,12,13). The van der Waals surface area contributed by atoms with E-state index in [0.29, 0.717) is 6.42 Å². The van der Waals surface area contributed by atoms with E-state index in [2.05, 4.69) is 5.10 Å². The van der Waals surface area contributed by atoms with E-state index in [4.69, 9.17) is 5.11 Å². The average Bonchev–Trinajstić information content (AvgIpc) is 2.50. The Bertz CT molecular complexity index is 319. The first-order valence-corrected chi connectivity index (χ1v) is 4.23. The maximum Gasteiger partial charge on any atom is 0.313 e. The van der Waals surface area contributed by atoms with Gasteiger partial charge in [0.2, 0.25) is 0 Å². The number of hydrogen-bond donors (Lipinski definition) is 1. The molecule has 1 aromatic heterocycles. The lowest BCUT2D eigenvalue weighted by molar-refractivity contribution is -0.143. The molecule has 0 radical (unpaired) electrons. The van der Waals surface area contributed by atoms with Gasteiger partial charge in [-0.15, -0.1) is 0 Å². The van der Waals surface area contributed by atoms with Gasteiger partial charge >= 0.3 is 5.97 Å². The first-order chi connectivity index (χ1) is 6.00. The molecular weight excluding hydrogens is 168 g/mol. The fraction of sp³-hybridized carbons (Fsp3) is 0.556. The summed E-state index contributed by atoms with van der Waals surface area (Å²) < 4.78 is 1.62. The number of nitrogens with zero attached hydrogens (tertiary/aromatic N) is 2. The molecule has 0 aliphatic rings. The van der Waals surface area contributed by atoms with Gasteiger partial charge in [0.05, 0.1) is 11.6 Å². The Labute approximate surface area is 77.2 Å². The van der Waals surface area contributed by atoms with Gasteiger partial charge in [0.25, 0.3) is 0 Å². The summed E-state index contributed by atoms with van der Waals surface area (Å²) in [6, 6.07) is 0.